The van der Waals surface area contributed by atoms with Gasteiger partial charge in [-0.3, -0.25) is 0 Å². The number of rotatable bonds is 4. The Balaban J connectivity index is 1.16. The molecule has 2 aromatic rings. The lowest BCUT2D eigenvalue weighted by Gasteiger charge is -2.40. The van der Waals surface area contributed by atoms with E-state index >= 15 is 0 Å². The van der Waals surface area contributed by atoms with Gasteiger partial charge in [0.1, 0.15) is 18.5 Å². The molecule has 1 aromatic heterocycles. The highest BCUT2D eigenvalue weighted by Gasteiger charge is 2.40. The molecule has 6 nitrogen and oxygen atoms in total. The van der Waals surface area contributed by atoms with Gasteiger partial charge in [-0.15, -0.1) is 0 Å². The summed E-state index contributed by atoms with van der Waals surface area (Å²) in [5.41, 5.74) is 5.41. The van der Waals surface area contributed by atoms with Crippen LogP contribution in [0.2, 0.25) is 0 Å². The zero-order valence-electron chi connectivity index (χ0n) is 18.1. The Morgan fingerprint density at radius 2 is 1.97 bits per heavy atom. The number of carbonyl (C=O) groups excluding carboxylic acids is 1. The lowest BCUT2D eigenvalue weighted by Crippen LogP contribution is -2.42. The molecule has 31 heavy (non-hydrogen) atoms. The van der Waals surface area contributed by atoms with Crippen molar-refractivity contribution in [2.75, 3.05) is 37.6 Å². The van der Waals surface area contributed by atoms with Crippen LogP contribution in [-0.2, 0) is 17.8 Å². The summed E-state index contributed by atoms with van der Waals surface area (Å²) in [5, 5.41) is 8.96. The number of nitrogens with zero attached hydrogens (tertiary/aromatic N) is 4. The Morgan fingerprint density at radius 1 is 1.16 bits per heavy atom. The van der Waals surface area contributed by atoms with Gasteiger partial charge in [-0.05, 0) is 73.9 Å². The van der Waals surface area contributed by atoms with Gasteiger partial charge in [-0.25, -0.2) is 9.78 Å². The molecule has 0 unspecified atom stereocenters. The van der Waals surface area contributed by atoms with Crippen LogP contribution in [0.1, 0.15) is 51.9 Å². The van der Waals surface area contributed by atoms with Crippen molar-refractivity contribution in [3.05, 3.63) is 58.3 Å². The third-order valence-corrected chi connectivity index (χ3v) is 7.52. The van der Waals surface area contributed by atoms with E-state index in [0.29, 0.717) is 17.6 Å². The van der Waals surface area contributed by atoms with Crippen LogP contribution < -0.4 is 4.90 Å². The molecule has 0 N–H and O–H groups in total. The maximum absolute atomic E-state index is 11.8. The number of benzene rings is 1. The van der Waals surface area contributed by atoms with Crippen molar-refractivity contribution >= 4 is 11.8 Å². The first kappa shape index (κ1) is 20.0. The van der Waals surface area contributed by atoms with Crippen LogP contribution >= 0.6 is 0 Å². The minimum absolute atomic E-state index is 0.186. The Labute approximate surface area is 183 Å². The smallest absolute Gasteiger partial charge is 0.338 e. The molecule has 0 bridgehead atoms. The molecule has 6 heteroatoms. The number of ether oxygens (including phenoxy) is 1. The van der Waals surface area contributed by atoms with E-state index in [9.17, 15) is 4.79 Å². The van der Waals surface area contributed by atoms with E-state index < -0.39 is 0 Å². The number of nitriles is 1. The van der Waals surface area contributed by atoms with Gasteiger partial charge in [0.15, 0.2) is 0 Å². The maximum atomic E-state index is 11.8. The summed E-state index contributed by atoms with van der Waals surface area (Å²) in [5.74, 6) is 0.798. The molecule has 0 radical (unpaired) electrons. The molecule has 1 spiro atoms. The van der Waals surface area contributed by atoms with Crippen LogP contribution in [0.25, 0.3) is 0 Å². The van der Waals surface area contributed by atoms with Crippen molar-refractivity contribution in [3.8, 4) is 6.07 Å². The highest BCUT2D eigenvalue weighted by Crippen LogP contribution is 2.41. The number of cyclic esters (lactones) is 1. The molecule has 0 saturated carbocycles. The Morgan fingerprint density at radius 3 is 2.71 bits per heavy atom. The molecule has 2 fully saturated rings. The fourth-order valence-corrected chi connectivity index (χ4v) is 5.42. The van der Waals surface area contributed by atoms with E-state index in [4.69, 9.17) is 10.00 Å². The molecule has 3 aliphatic rings. The molecular formula is C25H28N4O2. The average molecular weight is 417 g/mol. The van der Waals surface area contributed by atoms with Crippen LogP contribution in [0.3, 0.4) is 0 Å². The molecule has 4 heterocycles. The molecule has 160 valence electrons. The summed E-state index contributed by atoms with van der Waals surface area (Å²) in [4.78, 5) is 21.2. The second-order valence-electron chi connectivity index (χ2n) is 9.23. The summed E-state index contributed by atoms with van der Waals surface area (Å²) < 4.78 is 5.19. The first-order chi connectivity index (χ1) is 15.1. The van der Waals surface area contributed by atoms with E-state index in [1.54, 1.807) is 6.20 Å². The third-order valence-electron chi connectivity index (χ3n) is 7.52. The lowest BCUT2D eigenvalue weighted by atomic mass is 9.78. The van der Waals surface area contributed by atoms with Crippen molar-refractivity contribution in [2.24, 2.45) is 5.41 Å². The average Bonchev–Trinajstić information content (AvgIpc) is 3.38. The topological polar surface area (TPSA) is 69.5 Å². The second-order valence-corrected chi connectivity index (χ2v) is 9.23. The van der Waals surface area contributed by atoms with Gasteiger partial charge in [0.05, 0.1) is 11.1 Å². The number of fused-ring (bicyclic) bond motifs is 1. The minimum atomic E-state index is -0.186. The van der Waals surface area contributed by atoms with Gasteiger partial charge in [0, 0.05) is 37.9 Å². The Bertz CT molecular complexity index is 1030. The van der Waals surface area contributed by atoms with Crippen LogP contribution in [0.5, 0.6) is 0 Å². The number of likely N-dealkylation sites (tertiary alicyclic amines) is 1. The number of pyridine rings is 1. The first-order valence-electron chi connectivity index (χ1n) is 11.2. The van der Waals surface area contributed by atoms with Gasteiger partial charge >= 0.3 is 5.97 Å². The number of hydrogen-bond acceptors (Lipinski definition) is 6. The highest BCUT2D eigenvalue weighted by molar-refractivity contribution is 5.93. The Kier molecular flexibility index (Phi) is 5.15. The molecule has 3 aliphatic heterocycles. The van der Waals surface area contributed by atoms with E-state index in [1.807, 2.05) is 18.2 Å². The normalized spacial score (nSPS) is 20.0. The number of esters is 1. The molecule has 0 aliphatic carbocycles. The van der Waals surface area contributed by atoms with Gasteiger partial charge in [0.2, 0.25) is 0 Å². The molecule has 0 atom stereocenters. The summed E-state index contributed by atoms with van der Waals surface area (Å²) in [6.07, 6.45) is 6.35. The lowest BCUT2D eigenvalue weighted by molar-refractivity contribution is 0.0535. The van der Waals surface area contributed by atoms with Crippen LogP contribution in [0.15, 0.2) is 30.5 Å². The van der Waals surface area contributed by atoms with Crippen molar-refractivity contribution < 1.29 is 9.53 Å². The van der Waals surface area contributed by atoms with E-state index in [-0.39, 0.29) is 5.97 Å². The van der Waals surface area contributed by atoms with Crippen LogP contribution in [0.4, 0.5) is 5.82 Å². The monoisotopic (exact) mass is 416 g/mol. The number of aromatic nitrogens is 1. The predicted octanol–water partition coefficient (Wildman–Crippen LogP) is 3.47. The van der Waals surface area contributed by atoms with Gasteiger partial charge in [-0.1, -0.05) is 6.07 Å². The minimum Gasteiger partial charge on any atom is -0.457 e. The summed E-state index contributed by atoms with van der Waals surface area (Å²) in [6.45, 7) is 8.01. The summed E-state index contributed by atoms with van der Waals surface area (Å²) in [6, 6.07) is 10.00. The van der Waals surface area contributed by atoms with Gasteiger partial charge in [0.25, 0.3) is 0 Å². The Hall–Kier alpha value is -2.91. The van der Waals surface area contributed by atoms with Crippen molar-refractivity contribution in [2.45, 2.75) is 39.2 Å². The number of anilines is 1. The van der Waals surface area contributed by atoms with E-state index in [2.05, 4.69) is 33.8 Å². The van der Waals surface area contributed by atoms with Crippen LogP contribution in [0, 0.1) is 23.7 Å². The highest BCUT2D eigenvalue weighted by atomic mass is 16.5. The summed E-state index contributed by atoms with van der Waals surface area (Å²) >= 11 is 0. The van der Waals surface area contributed by atoms with E-state index in [1.165, 1.54) is 43.5 Å². The van der Waals surface area contributed by atoms with Crippen LogP contribution in [-0.4, -0.2) is 48.6 Å². The predicted molar refractivity (Wildman–Crippen MR) is 118 cm³/mol. The fourth-order valence-electron chi connectivity index (χ4n) is 5.42. The van der Waals surface area contributed by atoms with Gasteiger partial charge < -0.3 is 14.5 Å². The van der Waals surface area contributed by atoms with Crippen molar-refractivity contribution in [1.82, 2.24) is 9.88 Å². The third kappa shape index (κ3) is 3.79. The molecule has 5 rings (SSSR count). The molecule has 0 amide bonds. The zero-order chi connectivity index (χ0) is 21.4. The zero-order valence-corrected chi connectivity index (χ0v) is 18.1. The quantitative estimate of drug-likeness (QED) is 0.711. The van der Waals surface area contributed by atoms with Crippen molar-refractivity contribution in [3.63, 3.8) is 0 Å². The first-order valence-corrected chi connectivity index (χ1v) is 11.2. The standard InChI is InChI=1S/C25H28N4O2/c1-18-20(3-4-21-22(18)16-31-24(21)30)6-10-28-11-7-25(17-28)8-12-29(13-9-25)23-5-2-19(14-26)15-27-23/h2-5,15H,6-13,16-17H2,1H3. The largest absolute Gasteiger partial charge is 0.457 e. The summed E-state index contributed by atoms with van der Waals surface area (Å²) in [7, 11) is 0. The van der Waals surface area contributed by atoms with E-state index in [0.717, 1.165) is 43.0 Å². The second kappa shape index (κ2) is 7.97. The SMILES string of the molecule is Cc1c(CCN2CCC3(CCN(c4ccc(C#N)cn4)CC3)C2)ccc2c1COC2=O. The molecular weight excluding hydrogens is 388 g/mol. The number of carbonyl (C=O) groups is 1. The van der Waals surface area contributed by atoms with Crippen molar-refractivity contribution in [1.29, 1.82) is 5.26 Å². The fraction of sp³-hybridized carbons (Fsp3) is 0.480. The molecule has 1 aromatic carbocycles. The molecule has 2 saturated heterocycles. The number of piperidine rings is 1. The maximum Gasteiger partial charge on any atom is 0.338 e. The van der Waals surface area contributed by atoms with Gasteiger partial charge in [-0.2, -0.15) is 5.26 Å². The number of hydrogen-bond donors (Lipinski definition) is 0.